The number of nitrogens with one attached hydrogen (secondary N) is 1. The van der Waals surface area contributed by atoms with Gasteiger partial charge in [0, 0.05) is 0 Å². The monoisotopic (exact) mass is 175 g/mol. The molecule has 0 aliphatic rings. The second-order valence-electron chi connectivity index (χ2n) is 1.55. The third-order valence-corrected chi connectivity index (χ3v) is 0.683. The van der Waals surface area contributed by atoms with Crippen LogP contribution in [0.4, 0.5) is 4.79 Å². The van der Waals surface area contributed by atoms with Gasteiger partial charge in [0.2, 0.25) is 0 Å². The van der Waals surface area contributed by atoms with Crippen molar-refractivity contribution in [2.75, 3.05) is 0 Å². The Morgan fingerprint density at radius 3 is 1.83 bits per heavy atom. The van der Waals surface area contributed by atoms with Gasteiger partial charge >= 0.3 is 18.0 Å². The van der Waals surface area contributed by atoms with E-state index in [0.717, 1.165) is 0 Å². The zero-order chi connectivity index (χ0) is 9.72. The summed E-state index contributed by atoms with van der Waals surface area (Å²) in [6.45, 7) is 0. The first-order chi connectivity index (χ1) is 5.45. The van der Waals surface area contributed by atoms with E-state index in [2.05, 4.69) is 10.8 Å². The zero-order valence-corrected chi connectivity index (χ0v) is 5.64. The van der Waals surface area contributed by atoms with E-state index in [-0.39, 0.29) is 0 Å². The Bertz CT molecular complexity index is 241. The number of nitrogens with zero attached hydrogens (tertiary/aromatic N) is 1. The molecule has 0 atom stereocenters. The van der Waals surface area contributed by atoms with Crippen LogP contribution in [0.2, 0.25) is 0 Å². The lowest BCUT2D eigenvalue weighted by molar-refractivity contribution is -0.134. The van der Waals surface area contributed by atoms with Crippen molar-refractivity contribution in [2.24, 2.45) is 10.8 Å². The highest BCUT2D eigenvalue weighted by atomic mass is 16.4. The van der Waals surface area contributed by atoms with E-state index >= 15 is 0 Å². The molecule has 0 rings (SSSR count). The minimum absolute atomic E-state index is 1.14. The van der Waals surface area contributed by atoms with Crippen LogP contribution in [0.1, 0.15) is 0 Å². The van der Waals surface area contributed by atoms with Crippen LogP contribution in [0, 0.1) is 0 Å². The Hall–Kier alpha value is -2.12. The van der Waals surface area contributed by atoms with E-state index in [1.807, 2.05) is 0 Å². The summed E-state index contributed by atoms with van der Waals surface area (Å²) in [7, 11) is 0. The van der Waals surface area contributed by atoms with Crippen LogP contribution in [-0.4, -0.2) is 33.9 Å². The summed E-state index contributed by atoms with van der Waals surface area (Å²) < 4.78 is 0. The Morgan fingerprint density at radius 1 is 1.17 bits per heavy atom. The molecular weight excluding hydrogens is 170 g/mol. The number of hydrazone groups is 1. The molecule has 2 amide bonds. The quantitative estimate of drug-likeness (QED) is 0.227. The SMILES string of the molecule is NC(=O)NN=C(C(=O)O)C(=O)O. The first-order valence-electron chi connectivity index (χ1n) is 2.55. The number of primary amides is 1. The summed E-state index contributed by atoms with van der Waals surface area (Å²) in [6.07, 6.45) is 0. The second-order valence-corrected chi connectivity index (χ2v) is 1.55. The molecule has 0 aromatic carbocycles. The van der Waals surface area contributed by atoms with Gasteiger partial charge in [0.1, 0.15) is 0 Å². The molecule has 5 N–H and O–H groups in total. The van der Waals surface area contributed by atoms with Crippen LogP contribution in [-0.2, 0) is 9.59 Å². The van der Waals surface area contributed by atoms with Gasteiger partial charge in [-0.05, 0) is 0 Å². The molecule has 0 radical (unpaired) electrons. The van der Waals surface area contributed by atoms with Crippen LogP contribution in [0.3, 0.4) is 0 Å². The number of amides is 2. The first-order valence-corrected chi connectivity index (χ1v) is 2.55. The topological polar surface area (TPSA) is 142 Å². The highest BCUT2D eigenvalue weighted by molar-refractivity contribution is 6.61. The van der Waals surface area contributed by atoms with Gasteiger partial charge in [-0.2, -0.15) is 5.10 Å². The predicted molar refractivity (Wildman–Crippen MR) is 35.4 cm³/mol. The number of carbonyl (C=O) groups is 3. The summed E-state index contributed by atoms with van der Waals surface area (Å²) in [5.74, 6) is -3.53. The van der Waals surface area contributed by atoms with Crippen LogP contribution in [0.5, 0.6) is 0 Å². The molecule has 0 aliphatic carbocycles. The van der Waals surface area contributed by atoms with Crippen molar-refractivity contribution < 1.29 is 24.6 Å². The average Bonchev–Trinajstić information content (AvgIpc) is 1.84. The molecule has 0 saturated carbocycles. The number of rotatable bonds is 3. The van der Waals surface area contributed by atoms with E-state index in [1.54, 1.807) is 0 Å². The number of hydrogen-bond donors (Lipinski definition) is 4. The number of carboxylic acid groups (broad SMARTS) is 2. The minimum atomic E-state index is -1.77. The smallest absolute Gasteiger partial charge is 0.364 e. The minimum Gasteiger partial charge on any atom is -0.476 e. The van der Waals surface area contributed by atoms with Gasteiger partial charge < -0.3 is 15.9 Å². The van der Waals surface area contributed by atoms with E-state index in [4.69, 9.17) is 10.2 Å². The van der Waals surface area contributed by atoms with Crippen molar-refractivity contribution in [3.05, 3.63) is 0 Å². The summed E-state index contributed by atoms with van der Waals surface area (Å²) in [6, 6.07) is -1.14. The summed E-state index contributed by atoms with van der Waals surface area (Å²) in [5.41, 5.74) is 4.76. The van der Waals surface area contributed by atoms with Crippen LogP contribution >= 0.6 is 0 Å². The molecule has 0 unspecified atom stereocenters. The van der Waals surface area contributed by atoms with Gasteiger partial charge in [0.05, 0.1) is 0 Å². The summed E-state index contributed by atoms with van der Waals surface area (Å²) >= 11 is 0. The van der Waals surface area contributed by atoms with Crippen molar-refractivity contribution in [1.29, 1.82) is 0 Å². The molecule has 0 aromatic rings. The van der Waals surface area contributed by atoms with Gasteiger partial charge in [-0.3, -0.25) is 0 Å². The lowest BCUT2D eigenvalue weighted by Gasteiger charge is -1.94. The fourth-order valence-electron chi connectivity index (χ4n) is 0.298. The Kier molecular flexibility index (Phi) is 3.22. The van der Waals surface area contributed by atoms with E-state index in [0.29, 0.717) is 0 Å². The van der Waals surface area contributed by atoms with Crippen molar-refractivity contribution in [3.8, 4) is 0 Å². The summed E-state index contributed by atoms with van der Waals surface area (Å²) in [4.78, 5) is 30.1. The van der Waals surface area contributed by atoms with Crippen molar-refractivity contribution >= 4 is 23.7 Å². The van der Waals surface area contributed by atoms with Gasteiger partial charge in [-0.25, -0.2) is 19.8 Å². The van der Waals surface area contributed by atoms with Gasteiger partial charge in [-0.1, -0.05) is 0 Å². The number of nitrogens with two attached hydrogens (primary N) is 1. The lowest BCUT2D eigenvalue weighted by Crippen LogP contribution is -2.31. The van der Waals surface area contributed by atoms with Crippen molar-refractivity contribution in [2.45, 2.75) is 0 Å². The van der Waals surface area contributed by atoms with Gasteiger partial charge in [0.25, 0.3) is 5.71 Å². The van der Waals surface area contributed by atoms with Crippen molar-refractivity contribution in [1.82, 2.24) is 5.43 Å². The summed E-state index contributed by atoms with van der Waals surface area (Å²) in [5, 5.41) is 19.0. The third kappa shape index (κ3) is 3.15. The first kappa shape index (κ1) is 9.88. The third-order valence-electron chi connectivity index (χ3n) is 0.683. The Morgan fingerprint density at radius 2 is 1.58 bits per heavy atom. The molecule has 0 bridgehead atoms. The molecule has 0 aliphatic heterocycles. The maximum absolute atomic E-state index is 10.0. The largest absolute Gasteiger partial charge is 0.476 e. The number of hydrogen-bond acceptors (Lipinski definition) is 4. The van der Waals surface area contributed by atoms with E-state index in [9.17, 15) is 14.4 Å². The molecular formula is C4H5N3O5. The highest BCUT2D eigenvalue weighted by Crippen LogP contribution is 1.77. The molecule has 0 heterocycles. The number of aliphatic carboxylic acids is 2. The molecule has 0 aromatic heterocycles. The maximum atomic E-state index is 10.0. The molecule has 8 heteroatoms. The number of urea groups is 1. The van der Waals surface area contributed by atoms with Crippen molar-refractivity contribution in [3.63, 3.8) is 0 Å². The van der Waals surface area contributed by atoms with Gasteiger partial charge in [0.15, 0.2) is 0 Å². The Balaban J connectivity index is 4.51. The van der Waals surface area contributed by atoms with E-state index in [1.165, 1.54) is 5.43 Å². The molecule has 12 heavy (non-hydrogen) atoms. The van der Waals surface area contributed by atoms with Crippen LogP contribution < -0.4 is 11.2 Å². The number of carboxylic acids is 2. The van der Waals surface area contributed by atoms with Crippen LogP contribution in [0.25, 0.3) is 0 Å². The number of carbonyl (C=O) groups excluding carboxylic acids is 1. The average molecular weight is 175 g/mol. The normalized spacial score (nSPS) is 8.33. The lowest BCUT2D eigenvalue weighted by atomic mass is 10.4. The zero-order valence-electron chi connectivity index (χ0n) is 5.64. The molecule has 0 fully saturated rings. The highest BCUT2D eigenvalue weighted by Gasteiger charge is 2.18. The van der Waals surface area contributed by atoms with Gasteiger partial charge in [-0.15, -0.1) is 0 Å². The fraction of sp³-hybridized carbons (Fsp3) is 0. The fourth-order valence-corrected chi connectivity index (χ4v) is 0.298. The van der Waals surface area contributed by atoms with E-state index < -0.39 is 23.7 Å². The molecule has 0 saturated heterocycles. The Labute approximate surface area is 65.7 Å². The molecule has 0 spiro atoms. The standard InChI is InChI=1S/C4H5N3O5/c5-4(12)7-6-1(2(8)9)3(10)11/h(H,8,9)(H,10,11)(H3,5,7,12). The van der Waals surface area contributed by atoms with Crippen LogP contribution in [0.15, 0.2) is 5.10 Å². The predicted octanol–water partition coefficient (Wildman–Crippen LogP) is -1.82. The molecule has 66 valence electrons. The maximum Gasteiger partial charge on any atom is 0.364 e. The molecule has 8 nitrogen and oxygen atoms in total. The second kappa shape index (κ2) is 3.91.